The minimum Gasteiger partial charge on any atom is -0.476 e. The monoisotopic (exact) mass is 2330 g/mol. The molecule has 102 heavy (non-hydrogen) atoms. The minimum atomic E-state index is -0.259. The molecular weight excluding hydrogens is 2250 g/mol. The molecule has 514 valence electrons. The fourth-order valence-corrected chi connectivity index (χ4v) is 10.1. The first-order valence-electron chi connectivity index (χ1n) is 31.7. The van der Waals surface area contributed by atoms with Crippen LogP contribution in [0.25, 0.3) is 0 Å². The van der Waals surface area contributed by atoms with Crippen molar-refractivity contribution < 1.29 is 346 Å². The normalized spacial score (nSPS) is 14.1. The van der Waals surface area contributed by atoms with Crippen molar-refractivity contribution in [1.82, 2.24) is 44.4 Å². The number of ketones is 1. The van der Waals surface area contributed by atoms with E-state index in [1.807, 2.05) is 112 Å². The topological polar surface area (TPSA) is 181 Å². The van der Waals surface area contributed by atoms with Gasteiger partial charge in [-0.25, -0.2) is 0 Å². The van der Waals surface area contributed by atoms with Crippen LogP contribution in [0.15, 0.2) is 139 Å². The number of hydrogen-bond acceptors (Lipinski definition) is 15. The Kier molecular flexibility index (Phi) is 53.7. The fraction of sp³-hybridized carbons (Fsp3) is 0.329. The predicted octanol–water partition coefficient (Wildman–Crippen LogP) is -2.27. The van der Waals surface area contributed by atoms with E-state index in [9.17, 15) is 19.2 Å². The van der Waals surface area contributed by atoms with Crippen molar-refractivity contribution in [3.63, 3.8) is 0 Å². The van der Waals surface area contributed by atoms with Crippen molar-refractivity contribution in [1.29, 1.82) is 0 Å². The number of morpholine rings is 1. The van der Waals surface area contributed by atoms with Gasteiger partial charge < -0.3 is 64.8 Å². The molecule has 3 saturated heterocycles. The molecule has 12 rings (SSSR count). The van der Waals surface area contributed by atoms with Crippen molar-refractivity contribution in [3.8, 4) is 0 Å². The molecule has 0 atom stereocenters. The molecule has 0 aliphatic carbocycles. The third kappa shape index (κ3) is 36.5. The quantitative estimate of drug-likeness (QED) is 0.0657. The number of benzene rings is 6. The number of allylic oxidation sites excluding steroid dienone is 1. The van der Waals surface area contributed by atoms with E-state index in [4.69, 9.17) is 9.47 Å². The second kappa shape index (κ2) is 54.4. The Balaban J connectivity index is 0.000000663. The molecule has 3 N–H and O–H groups in total. The number of amides is 3. The smallest absolute Gasteiger partial charge is 0.476 e. The van der Waals surface area contributed by atoms with Gasteiger partial charge in [-0.3, -0.25) is 24.2 Å². The van der Waals surface area contributed by atoms with E-state index in [2.05, 4.69) is 130 Å². The van der Waals surface area contributed by atoms with Crippen LogP contribution in [0, 0.1) is 76.4 Å². The number of nitrogens with zero attached hydrogens (tertiary/aromatic N) is 9. The summed E-state index contributed by atoms with van der Waals surface area (Å²) in [6.45, 7) is 25.2. The number of pyridine rings is 1. The summed E-state index contributed by atoms with van der Waals surface area (Å²) >= 11 is 0. The van der Waals surface area contributed by atoms with Crippen LogP contribution in [0.5, 0.6) is 0 Å². The zero-order valence-electron chi connectivity index (χ0n) is 60.5. The Bertz CT molecular complexity index is 3780. The standard InChI is InChI=1S/C21H24N2O.C19H20N2O2.C18H21N5O.C18H17N3O2.4Rb.4W/c1-17-3-9-20(10-4-17)21(24)15-18-5-7-19(8-6-18)16-23-13-11-22(2)12-14-23;1-15-2-8-18(9-3-15)20-19(22)17-6-4-16(5-7-17)14-21-10-12-23-13-11-21;1-14-3-5-15(6-4-14)20-18(24)16-7-8-19-17(21-16)13-23-11-9-22(2)10-12-23;1-13-6-8-15(9-7-13)20-18(22)17-5-3-4-16(19-17)11-21-10-14(2)23-12-21;;;;;;;;/h3,5-7,9-10H,11-16H2,1-2H3;2,4,6-9H,10-14H2,1H3,(H,20,22);3,5-7H,9-13H2,1-2H3,(H,20,24);4-6,8-10H,11-12H2,1-2H3,(H,20,22);;;;;;;;/q4*-2;4*+1;;;;. The third-order valence-corrected chi connectivity index (χ3v) is 15.9. The zero-order valence-corrected chi connectivity index (χ0v) is 91.9. The molecular formula is C76H82N12O6Rb4W4-4. The second-order valence-electron chi connectivity index (χ2n) is 23.9. The molecule has 18 nitrogen and oxygen atoms in total. The van der Waals surface area contributed by atoms with Crippen LogP contribution in [0.3, 0.4) is 0 Å². The summed E-state index contributed by atoms with van der Waals surface area (Å²) in [6, 6.07) is 60.5. The Hall–Kier alpha value is 0.704. The Morgan fingerprint density at radius 2 is 0.922 bits per heavy atom. The van der Waals surface area contributed by atoms with Gasteiger partial charge in [0.1, 0.15) is 11.5 Å². The summed E-state index contributed by atoms with van der Waals surface area (Å²) < 4.78 is 10.7. The SMILES string of the molecule is CC1=CN(Cc2c[c-]cc(C(=O)Nc3c[c-]c(C)cc3)n2)CO1.Cc1[c-]cc(C(=O)Cc2c[c-]c(CN3CCN(C)CC3)cc2)cc1.Cc1[c-]cc(NC(=O)c2c[c-]c(CN3CCOCC3)cc2)cc1.Cc1[c-]cc(NC(=O)c2c[c-]nc(CN3CCN(C)CC3)n2)cc1.[Rb+].[Rb+].[Rb+].[Rb+].[W].[W].[W].[W]. The Morgan fingerprint density at radius 1 is 0.461 bits per heavy atom. The van der Waals surface area contributed by atoms with Crippen LogP contribution in [0.4, 0.5) is 17.1 Å². The molecule has 3 amide bonds. The number of piperazine rings is 2. The molecule has 4 aliphatic rings. The van der Waals surface area contributed by atoms with Crippen LogP contribution in [-0.2, 0) is 126 Å². The van der Waals surface area contributed by atoms with Gasteiger partial charge in [-0.2, -0.15) is 162 Å². The van der Waals surface area contributed by atoms with E-state index in [1.165, 1.54) is 11.6 Å². The number of carbonyl (C=O) groups excluding carboxylic acids is 4. The third-order valence-electron chi connectivity index (χ3n) is 15.9. The number of ether oxygens (including phenoxy) is 2. The van der Waals surface area contributed by atoms with Crippen molar-refractivity contribution >= 4 is 40.6 Å². The van der Waals surface area contributed by atoms with Gasteiger partial charge in [0.15, 0.2) is 12.6 Å². The fourth-order valence-electron chi connectivity index (χ4n) is 10.1. The van der Waals surface area contributed by atoms with Gasteiger partial charge in [-0.15, -0.1) is 47.0 Å². The van der Waals surface area contributed by atoms with Gasteiger partial charge in [0.05, 0.1) is 13.2 Å². The van der Waals surface area contributed by atoms with E-state index in [0.29, 0.717) is 60.4 Å². The Labute approximate surface area is 857 Å². The summed E-state index contributed by atoms with van der Waals surface area (Å²) in [5, 5.41) is 8.50. The first-order chi connectivity index (χ1) is 45.5. The zero-order chi connectivity index (χ0) is 66.2. The van der Waals surface area contributed by atoms with Crippen molar-refractivity contribution in [3.05, 3.63) is 261 Å². The second-order valence-corrected chi connectivity index (χ2v) is 23.9. The molecule has 26 heteroatoms. The minimum absolute atomic E-state index is 0. The molecule has 0 saturated carbocycles. The van der Waals surface area contributed by atoms with Crippen LogP contribution < -0.4 is 249 Å². The average Bonchev–Trinajstić information content (AvgIpc) is 1.07. The molecule has 0 bridgehead atoms. The van der Waals surface area contributed by atoms with Crippen molar-refractivity contribution in [2.24, 2.45) is 0 Å². The molecule has 6 heterocycles. The van der Waals surface area contributed by atoms with Crippen molar-refractivity contribution in [2.75, 3.05) is 115 Å². The van der Waals surface area contributed by atoms with E-state index < -0.39 is 0 Å². The van der Waals surface area contributed by atoms with E-state index in [0.717, 1.165) is 148 Å². The maximum Gasteiger partial charge on any atom is 1.00 e. The number of anilines is 3. The van der Waals surface area contributed by atoms with Crippen molar-refractivity contribution in [2.45, 2.75) is 67.2 Å². The van der Waals surface area contributed by atoms with Gasteiger partial charge >= 0.3 is 233 Å². The maximum absolute atomic E-state index is 12.3. The number of hydrogen-bond donors (Lipinski definition) is 3. The van der Waals surface area contributed by atoms with Gasteiger partial charge in [-0.1, -0.05) is 67.8 Å². The van der Waals surface area contributed by atoms with Gasteiger partial charge in [0.2, 0.25) is 11.8 Å². The molecule has 0 radical (unpaired) electrons. The largest absolute Gasteiger partial charge is 1.00 e. The van der Waals surface area contributed by atoms with Crippen LogP contribution in [0.1, 0.15) is 99.1 Å². The number of aryl methyl sites for hydroxylation is 4. The summed E-state index contributed by atoms with van der Waals surface area (Å²) in [6.07, 6.45) is 5.13. The van der Waals surface area contributed by atoms with Gasteiger partial charge in [0, 0.05) is 199 Å². The number of likely N-dealkylation sites (N-methyl/N-ethyl adjacent to an activating group) is 2. The van der Waals surface area contributed by atoms with Gasteiger partial charge in [-0.05, 0) is 27.4 Å². The first kappa shape index (κ1) is 101. The number of nitrogens with one attached hydrogen (secondary N) is 3. The molecule has 0 spiro atoms. The predicted molar refractivity (Wildman–Crippen MR) is 363 cm³/mol. The summed E-state index contributed by atoms with van der Waals surface area (Å²) in [4.78, 5) is 75.8. The van der Waals surface area contributed by atoms with E-state index in [1.54, 1.807) is 42.5 Å². The van der Waals surface area contributed by atoms with Crippen LogP contribution in [0.2, 0.25) is 0 Å². The maximum atomic E-state index is 12.3. The molecule has 4 aliphatic heterocycles. The van der Waals surface area contributed by atoms with E-state index >= 15 is 0 Å². The molecule has 8 aromatic rings. The summed E-state index contributed by atoms with van der Waals surface area (Å²) in [5.41, 5.74) is 12.3. The molecule has 6 aromatic carbocycles. The Morgan fingerprint density at radius 3 is 1.38 bits per heavy atom. The average molecular weight is 2340 g/mol. The van der Waals surface area contributed by atoms with Gasteiger partial charge in [0.25, 0.3) is 0 Å². The van der Waals surface area contributed by atoms with Crippen LogP contribution >= 0.6 is 0 Å². The summed E-state index contributed by atoms with van der Waals surface area (Å²) in [5.74, 6) is 0.986. The van der Waals surface area contributed by atoms with E-state index in [-0.39, 0.29) is 341 Å². The summed E-state index contributed by atoms with van der Waals surface area (Å²) in [7, 11) is 4.29. The number of Topliss-reactive ketones (excluding diaryl/α,β-unsaturated/α-hetero) is 1. The number of aromatic nitrogens is 3. The molecule has 3 fully saturated rings. The molecule has 0 unspecified atom stereocenters. The molecule has 2 aromatic heterocycles. The first-order valence-corrected chi connectivity index (χ1v) is 31.7. The number of rotatable bonds is 17. The van der Waals surface area contributed by atoms with Crippen LogP contribution in [-0.4, -0.2) is 167 Å². The number of carbonyl (C=O) groups is 4.